The van der Waals surface area contributed by atoms with Crippen molar-refractivity contribution in [1.82, 2.24) is 9.36 Å². The summed E-state index contributed by atoms with van der Waals surface area (Å²) >= 11 is 12.5. The highest BCUT2D eigenvalue weighted by atomic mass is 35.5. The van der Waals surface area contributed by atoms with Crippen molar-refractivity contribution in [1.29, 1.82) is 0 Å². The molecule has 0 unspecified atom stereocenters. The Kier molecular flexibility index (Phi) is 6.35. The average molecular weight is 434 g/mol. The summed E-state index contributed by atoms with van der Waals surface area (Å²) in [6.45, 7) is 4.19. The van der Waals surface area contributed by atoms with Gasteiger partial charge in [0.05, 0.1) is 28.0 Å². The minimum Gasteiger partial charge on any atom is -0.490 e. The first kappa shape index (κ1) is 21.0. The molecule has 29 heavy (non-hydrogen) atoms. The average Bonchev–Trinajstić information content (AvgIpc) is 2.91. The Balaban J connectivity index is 1.93. The van der Waals surface area contributed by atoms with Crippen molar-refractivity contribution >= 4 is 34.8 Å². The number of nitrogens with zero attached hydrogens (tertiary/aromatic N) is 2. The first-order chi connectivity index (χ1) is 13.8. The Hall–Kier alpha value is -2.70. The molecule has 0 fully saturated rings. The van der Waals surface area contributed by atoms with E-state index in [-0.39, 0.29) is 26.9 Å². The van der Waals surface area contributed by atoms with Crippen LogP contribution in [-0.2, 0) is 7.05 Å². The Morgan fingerprint density at radius 1 is 1.14 bits per heavy atom. The van der Waals surface area contributed by atoms with E-state index in [9.17, 15) is 9.59 Å². The maximum atomic E-state index is 12.9. The molecule has 0 spiro atoms. The lowest BCUT2D eigenvalue weighted by Gasteiger charge is -2.11. The van der Waals surface area contributed by atoms with Crippen molar-refractivity contribution in [2.75, 3.05) is 11.9 Å². The maximum absolute atomic E-state index is 12.9. The first-order valence-electron chi connectivity index (χ1n) is 9.12. The van der Waals surface area contributed by atoms with E-state index in [2.05, 4.69) is 5.32 Å². The third-order valence-corrected chi connectivity index (χ3v) is 5.07. The normalized spacial score (nSPS) is 10.8. The predicted molar refractivity (Wildman–Crippen MR) is 116 cm³/mol. The van der Waals surface area contributed by atoms with E-state index in [1.54, 1.807) is 18.7 Å². The first-order valence-corrected chi connectivity index (χ1v) is 9.88. The van der Waals surface area contributed by atoms with Crippen LogP contribution in [0.1, 0.15) is 29.4 Å². The standard InChI is InChI=1S/C21H21Cl2N3O3/c1-4-10-29-19-16(22)11-14(12-17(19)23)20(27)24-18-13(2)25(3)26(21(18)28)15-8-6-5-7-9-15/h5-9,11-12H,4,10H2,1-3H3,(H,24,27). The molecule has 0 aliphatic rings. The lowest BCUT2D eigenvalue weighted by molar-refractivity contribution is 0.102. The van der Waals surface area contributed by atoms with Crippen molar-refractivity contribution in [2.45, 2.75) is 20.3 Å². The summed E-state index contributed by atoms with van der Waals surface area (Å²) in [6, 6.07) is 12.1. The van der Waals surface area contributed by atoms with Crippen LogP contribution in [0.15, 0.2) is 47.3 Å². The molecule has 0 saturated heterocycles. The number of rotatable bonds is 6. The van der Waals surface area contributed by atoms with Gasteiger partial charge in [0.25, 0.3) is 11.5 Å². The molecule has 1 aromatic heterocycles. The van der Waals surface area contributed by atoms with Gasteiger partial charge in [-0.2, -0.15) is 0 Å². The molecule has 0 bridgehead atoms. The van der Waals surface area contributed by atoms with Gasteiger partial charge in [-0.15, -0.1) is 0 Å². The third kappa shape index (κ3) is 4.18. The molecule has 0 atom stereocenters. The van der Waals surface area contributed by atoms with Gasteiger partial charge < -0.3 is 10.1 Å². The van der Waals surface area contributed by atoms with Crippen LogP contribution in [0.5, 0.6) is 5.75 Å². The summed E-state index contributed by atoms with van der Waals surface area (Å²) < 4.78 is 8.71. The minimum atomic E-state index is -0.484. The quantitative estimate of drug-likeness (QED) is 0.604. The fourth-order valence-corrected chi connectivity index (χ4v) is 3.53. The summed E-state index contributed by atoms with van der Waals surface area (Å²) in [5, 5.41) is 3.17. The fourth-order valence-electron chi connectivity index (χ4n) is 2.93. The number of anilines is 1. The maximum Gasteiger partial charge on any atom is 0.295 e. The Morgan fingerprint density at radius 2 is 1.76 bits per heavy atom. The zero-order valence-corrected chi connectivity index (χ0v) is 17.8. The molecule has 3 aromatic rings. The lowest BCUT2D eigenvalue weighted by atomic mass is 10.2. The fraction of sp³-hybridized carbons (Fsp3) is 0.238. The number of amides is 1. The molecular formula is C21H21Cl2N3O3. The van der Waals surface area contributed by atoms with Crippen LogP contribution in [0.2, 0.25) is 10.0 Å². The molecular weight excluding hydrogens is 413 g/mol. The number of hydrogen-bond donors (Lipinski definition) is 1. The number of halogens is 2. The van der Waals surface area contributed by atoms with E-state index in [4.69, 9.17) is 27.9 Å². The summed E-state index contributed by atoms with van der Waals surface area (Å²) in [5.74, 6) is -0.143. The molecule has 1 heterocycles. The monoisotopic (exact) mass is 433 g/mol. The number of ether oxygens (including phenoxy) is 1. The van der Waals surface area contributed by atoms with Crippen LogP contribution in [-0.4, -0.2) is 21.9 Å². The van der Waals surface area contributed by atoms with Gasteiger partial charge in [0, 0.05) is 12.6 Å². The second-order valence-electron chi connectivity index (χ2n) is 6.51. The topological polar surface area (TPSA) is 65.3 Å². The molecule has 3 rings (SSSR count). The van der Waals surface area contributed by atoms with Crippen LogP contribution >= 0.6 is 23.2 Å². The van der Waals surface area contributed by atoms with Gasteiger partial charge in [-0.1, -0.05) is 48.3 Å². The van der Waals surface area contributed by atoms with Crippen LogP contribution in [0, 0.1) is 6.92 Å². The second-order valence-corrected chi connectivity index (χ2v) is 7.32. The van der Waals surface area contributed by atoms with E-state index in [1.165, 1.54) is 16.8 Å². The van der Waals surface area contributed by atoms with E-state index < -0.39 is 5.91 Å². The molecule has 0 radical (unpaired) electrons. The van der Waals surface area contributed by atoms with Crippen molar-refractivity contribution < 1.29 is 9.53 Å². The lowest BCUT2D eigenvalue weighted by Crippen LogP contribution is -2.23. The number of benzene rings is 2. The van der Waals surface area contributed by atoms with E-state index >= 15 is 0 Å². The number of nitrogens with one attached hydrogen (secondary N) is 1. The highest BCUT2D eigenvalue weighted by Crippen LogP contribution is 2.34. The van der Waals surface area contributed by atoms with Gasteiger partial charge in [-0.05, 0) is 37.6 Å². The molecule has 1 N–H and O–H groups in total. The van der Waals surface area contributed by atoms with Crippen LogP contribution in [0.3, 0.4) is 0 Å². The van der Waals surface area contributed by atoms with Crippen molar-refractivity contribution in [3.05, 3.63) is 74.1 Å². The van der Waals surface area contributed by atoms with Gasteiger partial charge in [0.2, 0.25) is 0 Å². The molecule has 0 saturated carbocycles. The van der Waals surface area contributed by atoms with Crippen molar-refractivity contribution in [2.24, 2.45) is 7.05 Å². The summed E-state index contributed by atoms with van der Waals surface area (Å²) in [4.78, 5) is 25.7. The zero-order valence-electron chi connectivity index (χ0n) is 16.3. The molecule has 0 aliphatic carbocycles. The van der Waals surface area contributed by atoms with Crippen LogP contribution < -0.4 is 15.6 Å². The summed E-state index contributed by atoms with van der Waals surface area (Å²) in [7, 11) is 1.76. The van der Waals surface area contributed by atoms with Crippen molar-refractivity contribution in [3.63, 3.8) is 0 Å². The number of hydrogen-bond acceptors (Lipinski definition) is 3. The SMILES string of the molecule is CCCOc1c(Cl)cc(C(=O)Nc2c(C)n(C)n(-c3ccccc3)c2=O)cc1Cl. The number of carbonyl (C=O) groups is 1. The molecule has 1 amide bonds. The number of para-hydroxylation sites is 1. The molecule has 8 heteroatoms. The highest BCUT2D eigenvalue weighted by molar-refractivity contribution is 6.37. The van der Waals surface area contributed by atoms with E-state index in [0.29, 0.717) is 23.7 Å². The summed E-state index contributed by atoms with van der Waals surface area (Å²) in [5.41, 5.74) is 1.42. The molecule has 6 nitrogen and oxygen atoms in total. The van der Waals surface area contributed by atoms with E-state index in [0.717, 1.165) is 6.42 Å². The van der Waals surface area contributed by atoms with Gasteiger partial charge in [0.15, 0.2) is 5.75 Å². The van der Waals surface area contributed by atoms with Crippen molar-refractivity contribution in [3.8, 4) is 11.4 Å². The van der Waals surface area contributed by atoms with E-state index in [1.807, 2.05) is 37.3 Å². The predicted octanol–water partition coefficient (Wildman–Crippen LogP) is 4.83. The largest absolute Gasteiger partial charge is 0.490 e. The van der Waals surface area contributed by atoms with Crippen LogP contribution in [0.4, 0.5) is 5.69 Å². The molecule has 2 aromatic carbocycles. The Morgan fingerprint density at radius 3 is 2.34 bits per heavy atom. The minimum absolute atomic E-state index is 0.194. The third-order valence-electron chi connectivity index (χ3n) is 4.50. The van der Waals surface area contributed by atoms with Crippen LogP contribution in [0.25, 0.3) is 5.69 Å². The van der Waals surface area contributed by atoms with Gasteiger partial charge >= 0.3 is 0 Å². The smallest absolute Gasteiger partial charge is 0.295 e. The van der Waals surface area contributed by atoms with Gasteiger partial charge in [-0.3, -0.25) is 14.3 Å². The number of carbonyl (C=O) groups excluding carboxylic acids is 1. The summed E-state index contributed by atoms with van der Waals surface area (Å²) in [6.07, 6.45) is 0.801. The Labute approximate surface area is 178 Å². The zero-order chi connectivity index (χ0) is 21.1. The molecule has 152 valence electrons. The highest BCUT2D eigenvalue weighted by Gasteiger charge is 2.20. The van der Waals surface area contributed by atoms with Gasteiger partial charge in [0.1, 0.15) is 5.69 Å². The second kappa shape index (κ2) is 8.76. The Bertz CT molecular complexity index is 1080. The molecule has 0 aliphatic heterocycles. The van der Waals surface area contributed by atoms with Gasteiger partial charge in [-0.25, -0.2) is 4.68 Å². The number of aromatic nitrogens is 2.